The average Bonchev–Trinajstić information content (AvgIpc) is 2.36. The van der Waals surface area contributed by atoms with Crippen LogP contribution in [0.1, 0.15) is 35.7 Å². The molecule has 100 valence electrons. The normalized spacial score (nSPS) is 10.4. The van der Waals surface area contributed by atoms with Gasteiger partial charge in [0.2, 0.25) is 0 Å². The molecule has 0 saturated heterocycles. The van der Waals surface area contributed by atoms with Crippen molar-refractivity contribution in [1.29, 1.82) is 0 Å². The lowest BCUT2D eigenvalue weighted by molar-refractivity contribution is 0.0763. The van der Waals surface area contributed by atoms with Gasteiger partial charge in [0.25, 0.3) is 5.91 Å². The Kier molecular flexibility index (Phi) is 6.94. The van der Waals surface area contributed by atoms with Crippen molar-refractivity contribution < 1.29 is 4.79 Å². The van der Waals surface area contributed by atoms with Gasteiger partial charge < -0.3 is 4.90 Å². The molecule has 18 heavy (non-hydrogen) atoms. The Morgan fingerprint density at radius 2 is 2.06 bits per heavy atom. The van der Waals surface area contributed by atoms with E-state index in [2.05, 4.69) is 38.8 Å². The zero-order valence-corrected chi connectivity index (χ0v) is 14.1. The smallest absolute Gasteiger partial charge is 0.255 e. The Morgan fingerprint density at radius 3 is 2.67 bits per heavy atom. The third kappa shape index (κ3) is 4.39. The lowest BCUT2D eigenvalue weighted by Gasteiger charge is -2.22. The molecule has 0 bridgehead atoms. The molecule has 0 atom stereocenters. The highest BCUT2D eigenvalue weighted by molar-refractivity contribution is 9.10. The zero-order valence-electron chi connectivity index (χ0n) is 10.9. The fourth-order valence-electron chi connectivity index (χ4n) is 1.74. The second kappa shape index (κ2) is 7.95. The summed E-state index contributed by atoms with van der Waals surface area (Å²) < 4.78 is 0.870. The number of amides is 1. The largest absolute Gasteiger partial charge is 0.338 e. The summed E-state index contributed by atoms with van der Waals surface area (Å²) in [4.78, 5) is 14.4. The van der Waals surface area contributed by atoms with E-state index in [0.717, 1.165) is 46.9 Å². The number of aryl methyl sites for hydroxylation is 1. The molecular formula is C14H19Br2NO. The van der Waals surface area contributed by atoms with Gasteiger partial charge in [-0.15, -0.1) is 0 Å². The molecule has 0 radical (unpaired) electrons. The summed E-state index contributed by atoms with van der Waals surface area (Å²) in [7, 11) is 0. The molecule has 0 unspecified atom stereocenters. The number of halogens is 2. The molecule has 0 N–H and O–H groups in total. The molecule has 4 heteroatoms. The molecule has 0 heterocycles. The van der Waals surface area contributed by atoms with Gasteiger partial charge in [0.15, 0.2) is 0 Å². The van der Waals surface area contributed by atoms with Crippen LogP contribution in [-0.4, -0.2) is 29.2 Å². The number of carbonyl (C=O) groups excluding carboxylic acids is 1. The third-order valence-corrected chi connectivity index (χ3v) is 3.82. The lowest BCUT2D eigenvalue weighted by atomic mass is 10.1. The summed E-state index contributed by atoms with van der Waals surface area (Å²) in [5.41, 5.74) is 1.86. The molecule has 0 aliphatic rings. The Labute approximate surface area is 126 Å². The van der Waals surface area contributed by atoms with E-state index in [-0.39, 0.29) is 5.91 Å². The van der Waals surface area contributed by atoms with Crippen LogP contribution in [0.4, 0.5) is 0 Å². The standard InChI is InChI=1S/C14H19Br2NO/c1-3-4-8-17(9-7-15)14(18)12-10-11(2)5-6-13(12)16/h5-6,10H,3-4,7-9H2,1-2H3. The molecule has 0 spiro atoms. The number of hydrogen-bond acceptors (Lipinski definition) is 1. The molecule has 1 amide bonds. The highest BCUT2D eigenvalue weighted by Gasteiger charge is 2.17. The predicted octanol–water partition coefficient (Wildman–Crippen LogP) is 4.39. The second-order valence-electron chi connectivity index (χ2n) is 4.32. The van der Waals surface area contributed by atoms with Gasteiger partial charge in [-0.3, -0.25) is 4.79 Å². The first-order valence-corrected chi connectivity index (χ1v) is 8.13. The van der Waals surface area contributed by atoms with Crippen LogP contribution in [0.25, 0.3) is 0 Å². The summed E-state index contributed by atoms with van der Waals surface area (Å²) in [6, 6.07) is 5.88. The van der Waals surface area contributed by atoms with Crippen molar-refractivity contribution in [3.63, 3.8) is 0 Å². The molecule has 0 aliphatic carbocycles. The van der Waals surface area contributed by atoms with Gasteiger partial charge in [-0.1, -0.05) is 40.9 Å². The van der Waals surface area contributed by atoms with Crippen molar-refractivity contribution in [2.75, 3.05) is 18.4 Å². The van der Waals surface area contributed by atoms with E-state index in [1.165, 1.54) is 0 Å². The zero-order chi connectivity index (χ0) is 13.5. The van der Waals surface area contributed by atoms with Crippen molar-refractivity contribution in [3.05, 3.63) is 33.8 Å². The number of unbranched alkanes of at least 4 members (excludes halogenated alkanes) is 1. The molecule has 0 fully saturated rings. The van der Waals surface area contributed by atoms with E-state index >= 15 is 0 Å². The molecule has 0 aromatic heterocycles. The van der Waals surface area contributed by atoms with E-state index in [0.29, 0.717) is 0 Å². The highest BCUT2D eigenvalue weighted by atomic mass is 79.9. The van der Waals surface area contributed by atoms with Gasteiger partial charge in [0, 0.05) is 22.9 Å². The van der Waals surface area contributed by atoms with Gasteiger partial charge in [-0.2, -0.15) is 0 Å². The van der Waals surface area contributed by atoms with Crippen LogP contribution in [0.2, 0.25) is 0 Å². The van der Waals surface area contributed by atoms with Crippen LogP contribution in [0.3, 0.4) is 0 Å². The molecule has 2 nitrogen and oxygen atoms in total. The van der Waals surface area contributed by atoms with Crippen molar-refractivity contribution in [1.82, 2.24) is 4.90 Å². The maximum Gasteiger partial charge on any atom is 0.255 e. The Balaban J connectivity index is 2.90. The van der Waals surface area contributed by atoms with E-state index in [9.17, 15) is 4.79 Å². The van der Waals surface area contributed by atoms with Crippen molar-refractivity contribution in [3.8, 4) is 0 Å². The van der Waals surface area contributed by atoms with Gasteiger partial charge in [-0.05, 0) is 41.4 Å². The van der Waals surface area contributed by atoms with Crippen LogP contribution in [-0.2, 0) is 0 Å². The van der Waals surface area contributed by atoms with Gasteiger partial charge >= 0.3 is 0 Å². The number of hydrogen-bond donors (Lipinski definition) is 0. The highest BCUT2D eigenvalue weighted by Crippen LogP contribution is 2.20. The topological polar surface area (TPSA) is 20.3 Å². The van der Waals surface area contributed by atoms with Crippen molar-refractivity contribution in [2.45, 2.75) is 26.7 Å². The molecule has 0 saturated carbocycles. The van der Waals surface area contributed by atoms with Gasteiger partial charge in [0.1, 0.15) is 0 Å². The second-order valence-corrected chi connectivity index (χ2v) is 5.97. The summed E-state index contributed by atoms with van der Waals surface area (Å²) in [5.74, 6) is 0.110. The molecule has 1 aromatic carbocycles. The quantitative estimate of drug-likeness (QED) is 0.674. The summed E-state index contributed by atoms with van der Waals surface area (Å²) >= 11 is 6.87. The fourth-order valence-corrected chi connectivity index (χ4v) is 2.58. The van der Waals surface area contributed by atoms with Crippen LogP contribution in [0.15, 0.2) is 22.7 Å². The van der Waals surface area contributed by atoms with Gasteiger partial charge in [0.05, 0.1) is 5.56 Å². The Bertz CT molecular complexity index is 407. The van der Waals surface area contributed by atoms with Crippen LogP contribution >= 0.6 is 31.9 Å². The average molecular weight is 377 g/mol. The minimum absolute atomic E-state index is 0.110. The maximum atomic E-state index is 12.5. The van der Waals surface area contributed by atoms with E-state index in [4.69, 9.17) is 0 Å². The lowest BCUT2D eigenvalue weighted by Crippen LogP contribution is -2.33. The monoisotopic (exact) mass is 375 g/mol. The molecule has 0 aliphatic heterocycles. The van der Waals surface area contributed by atoms with E-state index in [1.54, 1.807) is 0 Å². The third-order valence-electron chi connectivity index (χ3n) is 2.78. The molecule has 1 aromatic rings. The first-order chi connectivity index (χ1) is 8.60. The summed E-state index contributed by atoms with van der Waals surface area (Å²) in [6.07, 6.45) is 2.14. The first kappa shape index (κ1) is 15.7. The van der Waals surface area contributed by atoms with Gasteiger partial charge in [-0.25, -0.2) is 0 Å². The number of alkyl halides is 1. The predicted molar refractivity (Wildman–Crippen MR) is 83.5 cm³/mol. The van der Waals surface area contributed by atoms with E-state index < -0.39 is 0 Å². The SMILES string of the molecule is CCCCN(CCBr)C(=O)c1cc(C)ccc1Br. The fraction of sp³-hybridized carbons (Fsp3) is 0.500. The summed E-state index contributed by atoms with van der Waals surface area (Å²) in [5, 5.41) is 0.811. The van der Waals surface area contributed by atoms with Crippen LogP contribution in [0, 0.1) is 6.92 Å². The number of rotatable bonds is 6. The Hall–Kier alpha value is -0.350. The number of nitrogens with zero attached hydrogens (tertiary/aromatic N) is 1. The first-order valence-electron chi connectivity index (χ1n) is 6.21. The maximum absolute atomic E-state index is 12.5. The van der Waals surface area contributed by atoms with Crippen LogP contribution < -0.4 is 0 Å². The number of carbonyl (C=O) groups is 1. The minimum atomic E-state index is 0.110. The van der Waals surface area contributed by atoms with Crippen molar-refractivity contribution >= 4 is 37.8 Å². The number of benzene rings is 1. The summed E-state index contributed by atoms with van der Waals surface area (Å²) in [6.45, 7) is 5.71. The van der Waals surface area contributed by atoms with Crippen molar-refractivity contribution in [2.24, 2.45) is 0 Å². The van der Waals surface area contributed by atoms with E-state index in [1.807, 2.05) is 30.0 Å². The minimum Gasteiger partial charge on any atom is -0.338 e. The molecular weight excluding hydrogens is 358 g/mol. The Morgan fingerprint density at radius 1 is 1.33 bits per heavy atom. The molecule has 1 rings (SSSR count). The van der Waals surface area contributed by atoms with Crippen LogP contribution in [0.5, 0.6) is 0 Å².